The van der Waals surface area contributed by atoms with Crippen LogP contribution in [0, 0.1) is 23.6 Å². The number of carbonyl (C=O) groups excluding carboxylic acids is 1. The van der Waals surface area contributed by atoms with Crippen LogP contribution < -0.4 is 5.32 Å². The highest BCUT2D eigenvalue weighted by Crippen LogP contribution is 2.31. The number of carboxylic acids is 1. The third-order valence-electron chi connectivity index (χ3n) is 4.77. The van der Waals surface area contributed by atoms with Crippen LogP contribution in [0.5, 0.6) is 0 Å². The standard InChI is InChI=1S/C26H21Cl2FN2O3S/c1-14(2)6-4-7-16-8-5-9-18(23(16)29)22-13-35-26(30-22)31-24(32)17-11-20(27)19(21(28)12-17)10-15(3)25(33)34/h5,8-14H,6H2,1-3H3,(H,33,34)(H,30,31,32). The van der Waals surface area contributed by atoms with Crippen LogP contribution in [0.15, 0.2) is 41.3 Å². The molecular formula is C26H21Cl2FN2O3S. The van der Waals surface area contributed by atoms with Crippen LogP contribution in [-0.2, 0) is 4.79 Å². The number of carboxylic acid groups (broad SMARTS) is 1. The van der Waals surface area contributed by atoms with Crippen molar-refractivity contribution in [2.24, 2.45) is 5.92 Å². The molecule has 35 heavy (non-hydrogen) atoms. The van der Waals surface area contributed by atoms with E-state index >= 15 is 0 Å². The Hall–Kier alpha value is -3.18. The average Bonchev–Trinajstić information content (AvgIpc) is 3.24. The van der Waals surface area contributed by atoms with Crippen LogP contribution in [0.3, 0.4) is 0 Å². The van der Waals surface area contributed by atoms with Gasteiger partial charge in [0.05, 0.1) is 21.3 Å². The molecule has 0 saturated carbocycles. The summed E-state index contributed by atoms with van der Waals surface area (Å²) in [5.41, 5.74) is 1.45. The summed E-state index contributed by atoms with van der Waals surface area (Å²) in [4.78, 5) is 28.1. The third kappa shape index (κ3) is 6.70. The fourth-order valence-corrected chi connectivity index (χ4v) is 4.23. The number of nitrogens with one attached hydrogen (secondary N) is 1. The first kappa shape index (κ1) is 26.4. The summed E-state index contributed by atoms with van der Waals surface area (Å²) >= 11 is 13.6. The molecule has 180 valence electrons. The molecule has 0 aliphatic carbocycles. The number of amides is 1. The maximum atomic E-state index is 15.0. The average molecular weight is 531 g/mol. The van der Waals surface area contributed by atoms with E-state index in [4.69, 9.17) is 28.3 Å². The number of carbonyl (C=O) groups is 2. The van der Waals surface area contributed by atoms with Crippen molar-refractivity contribution in [3.8, 4) is 23.1 Å². The minimum absolute atomic E-state index is 0.0449. The van der Waals surface area contributed by atoms with Crippen molar-refractivity contribution in [2.45, 2.75) is 27.2 Å². The van der Waals surface area contributed by atoms with Crippen molar-refractivity contribution >= 4 is 57.6 Å². The summed E-state index contributed by atoms with van der Waals surface area (Å²) in [6.45, 7) is 5.49. The molecule has 0 bridgehead atoms. The van der Waals surface area contributed by atoms with Gasteiger partial charge in [-0.1, -0.05) is 55.0 Å². The van der Waals surface area contributed by atoms with Crippen molar-refractivity contribution in [1.29, 1.82) is 0 Å². The van der Waals surface area contributed by atoms with Crippen molar-refractivity contribution in [1.82, 2.24) is 4.98 Å². The molecule has 2 N–H and O–H groups in total. The molecule has 3 rings (SSSR count). The summed E-state index contributed by atoms with van der Waals surface area (Å²) in [7, 11) is 0. The summed E-state index contributed by atoms with van der Waals surface area (Å²) < 4.78 is 15.0. The van der Waals surface area contributed by atoms with Crippen molar-refractivity contribution in [3.63, 3.8) is 0 Å². The number of benzene rings is 2. The Labute approximate surface area is 216 Å². The number of hydrogen-bond acceptors (Lipinski definition) is 4. The van der Waals surface area contributed by atoms with Gasteiger partial charge < -0.3 is 5.11 Å². The van der Waals surface area contributed by atoms with Gasteiger partial charge >= 0.3 is 5.97 Å². The molecule has 0 aliphatic heterocycles. The lowest BCUT2D eigenvalue weighted by molar-refractivity contribution is -0.132. The molecule has 0 saturated heterocycles. The highest BCUT2D eigenvalue weighted by molar-refractivity contribution is 7.14. The molecule has 0 fully saturated rings. The van der Waals surface area contributed by atoms with E-state index < -0.39 is 17.7 Å². The fraction of sp³-hybridized carbons (Fsp3) is 0.192. The monoisotopic (exact) mass is 530 g/mol. The van der Waals surface area contributed by atoms with Crippen LogP contribution in [0.2, 0.25) is 10.0 Å². The predicted molar refractivity (Wildman–Crippen MR) is 140 cm³/mol. The first-order chi connectivity index (χ1) is 16.6. The Bertz CT molecular complexity index is 1360. The molecule has 0 atom stereocenters. The van der Waals surface area contributed by atoms with E-state index in [0.29, 0.717) is 29.2 Å². The minimum Gasteiger partial charge on any atom is -0.478 e. The summed E-state index contributed by atoms with van der Waals surface area (Å²) in [6, 6.07) is 7.70. The van der Waals surface area contributed by atoms with Crippen LogP contribution in [0.4, 0.5) is 9.52 Å². The normalized spacial score (nSPS) is 11.2. The van der Waals surface area contributed by atoms with Gasteiger partial charge in [0.2, 0.25) is 0 Å². The Kier molecular flexibility index (Phi) is 8.68. The molecule has 1 heterocycles. The highest BCUT2D eigenvalue weighted by Gasteiger charge is 2.16. The lowest BCUT2D eigenvalue weighted by Crippen LogP contribution is -2.12. The topological polar surface area (TPSA) is 79.3 Å². The zero-order valence-corrected chi connectivity index (χ0v) is 21.4. The second kappa shape index (κ2) is 11.5. The van der Waals surface area contributed by atoms with Crippen molar-refractivity contribution < 1.29 is 19.1 Å². The minimum atomic E-state index is -1.11. The van der Waals surface area contributed by atoms with E-state index in [1.165, 1.54) is 25.1 Å². The molecule has 0 unspecified atom stereocenters. The number of halogens is 3. The number of nitrogens with zero attached hydrogens (tertiary/aromatic N) is 1. The highest BCUT2D eigenvalue weighted by atomic mass is 35.5. The number of hydrogen-bond donors (Lipinski definition) is 2. The van der Waals surface area contributed by atoms with E-state index in [-0.39, 0.29) is 31.9 Å². The third-order valence-corrected chi connectivity index (χ3v) is 6.16. The van der Waals surface area contributed by atoms with Crippen LogP contribution in [0.1, 0.15) is 48.7 Å². The van der Waals surface area contributed by atoms with Crippen LogP contribution in [-0.4, -0.2) is 22.0 Å². The Morgan fingerprint density at radius 3 is 2.57 bits per heavy atom. The van der Waals surface area contributed by atoms with E-state index in [9.17, 15) is 14.0 Å². The van der Waals surface area contributed by atoms with E-state index in [1.54, 1.807) is 23.6 Å². The van der Waals surface area contributed by atoms with Gasteiger partial charge in [-0.15, -0.1) is 11.3 Å². The fourth-order valence-electron chi connectivity index (χ4n) is 2.93. The van der Waals surface area contributed by atoms with Crippen molar-refractivity contribution in [3.05, 3.63) is 73.8 Å². The van der Waals surface area contributed by atoms with E-state index in [0.717, 1.165) is 11.3 Å². The lowest BCUT2D eigenvalue weighted by atomic mass is 10.1. The first-order valence-corrected chi connectivity index (χ1v) is 12.2. The number of aromatic nitrogens is 1. The van der Waals surface area contributed by atoms with E-state index in [1.807, 2.05) is 13.8 Å². The number of thiazole rings is 1. The smallest absolute Gasteiger partial charge is 0.331 e. The number of aliphatic carboxylic acids is 1. The molecule has 1 aromatic heterocycles. The van der Waals surface area contributed by atoms with Gasteiger partial charge in [0.25, 0.3) is 5.91 Å². The molecule has 2 aromatic carbocycles. The Morgan fingerprint density at radius 1 is 1.26 bits per heavy atom. The first-order valence-electron chi connectivity index (χ1n) is 10.5. The molecule has 3 aromatic rings. The summed E-state index contributed by atoms with van der Waals surface area (Å²) in [5.74, 6) is 4.15. The number of anilines is 1. The predicted octanol–water partition coefficient (Wildman–Crippen LogP) is 7.39. The Balaban J connectivity index is 1.81. The largest absolute Gasteiger partial charge is 0.478 e. The molecule has 5 nitrogen and oxygen atoms in total. The van der Waals surface area contributed by atoms with Crippen molar-refractivity contribution in [2.75, 3.05) is 5.32 Å². The van der Waals surface area contributed by atoms with Gasteiger partial charge in [0.15, 0.2) is 5.13 Å². The number of rotatable bonds is 6. The maximum absolute atomic E-state index is 15.0. The Morgan fingerprint density at radius 2 is 1.94 bits per heavy atom. The quantitative estimate of drug-likeness (QED) is 0.257. The van der Waals surface area contributed by atoms with Crippen LogP contribution in [0.25, 0.3) is 17.3 Å². The lowest BCUT2D eigenvalue weighted by Gasteiger charge is -2.08. The molecule has 9 heteroatoms. The maximum Gasteiger partial charge on any atom is 0.331 e. The SMILES string of the molecule is CC(=Cc1c(Cl)cc(C(=O)Nc2nc(-c3cccc(C#CCC(C)C)c3F)cs2)cc1Cl)C(=O)O. The molecule has 0 spiro atoms. The molecule has 0 radical (unpaired) electrons. The van der Waals surface area contributed by atoms with Gasteiger partial charge in [0.1, 0.15) is 5.82 Å². The zero-order valence-electron chi connectivity index (χ0n) is 19.1. The van der Waals surface area contributed by atoms with Gasteiger partial charge in [-0.25, -0.2) is 14.2 Å². The van der Waals surface area contributed by atoms with Gasteiger partial charge in [-0.2, -0.15) is 0 Å². The van der Waals surface area contributed by atoms with E-state index in [2.05, 4.69) is 22.1 Å². The van der Waals surface area contributed by atoms with Crippen LogP contribution >= 0.6 is 34.5 Å². The molecular weight excluding hydrogens is 510 g/mol. The second-order valence-electron chi connectivity index (χ2n) is 8.04. The molecule has 1 amide bonds. The molecule has 0 aliphatic rings. The second-order valence-corrected chi connectivity index (χ2v) is 9.72. The summed E-state index contributed by atoms with van der Waals surface area (Å²) in [6.07, 6.45) is 2.00. The summed E-state index contributed by atoms with van der Waals surface area (Å²) in [5, 5.41) is 13.9. The van der Waals surface area contributed by atoms with Gasteiger partial charge in [-0.05, 0) is 43.2 Å². The van der Waals surface area contributed by atoms with Gasteiger partial charge in [-0.3, -0.25) is 10.1 Å². The zero-order chi connectivity index (χ0) is 25.7. The van der Waals surface area contributed by atoms with Gasteiger partial charge in [0, 0.05) is 34.1 Å².